The van der Waals surface area contributed by atoms with Gasteiger partial charge in [0.05, 0.1) is 5.75 Å². The lowest BCUT2D eigenvalue weighted by molar-refractivity contribution is -0.128. The molecule has 27 heavy (non-hydrogen) atoms. The van der Waals surface area contributed by atoms with E-state index in [1.807, 2.05) is 43.3 Å². The van der Waals surface area contributed by atoms with Gasteiger partial charge >= 0.3 is 0 Å². The van der Waals surface area contributed by atoms with E-state index in [9.17, 15) is 4.79 Å². The molecule has 1 aliphatic rings. The van der Waals surface area contributed by atoms with Gasteiger partial charge in [-0.25, -0.2) is 0 Å². The first kappa shape index (κ1) is 20.3. The Labute approximate surface area is 174 Å². The van der Waals surface area contributed by atoms with E-state index in [4.69, 9.17) is 27.9 Å². The van der Waals surface area contributed by atoms with E-state index in [0.29, 0.717) is 27.3 Å². The van der Waals surface area contributed by atoms with Gasteiger partial charge in [0.2, 0.25) is 5.91 Å². The first-order valence-electron chi connectivity index (χ1n) is 8.72. The number of hydrogen-bond acceptors (Lipinski definition) is 4. The minimum atomic E-state index is 0.0196. The predicted molar refractivity (Wildman–Crippen MR) is 113 cm³/mol. The first-order valence-corrected chi connectivity index (χ1v) is 10.5. The first-order chi connectivity index (χ1) is 12.9. The SMILES string of the molecule is CN(C)CCCN1C(=O)CSC1c1cccc(Oc2cc(Cl)cc(Cl)c2)c1. The largest absolute Gasteiger partial charge is 0.457 e. The number of carbonyl (C=O) groups is 1. The predicted octanol–water partition coefficient (Wildman–Crippen LogP) is 5.31. The van der Waals surface area contributed by atoms with Crippen LogP contribution in [0.4, 0.5) is 0 Å². The molecule has 2 aromatic carbocycles. The molecule has 0 radical (unpaired) electrons. The maximum absolute atomic E-state index is 12.3. The van der Waals surface area contributed by atoms with Gasteiger partial charge in [-0.1, -0.05) is 35.3 Å². The van der Waals surface area contributed by atoms with Crippen LogP contribution in [0.3, 0.4) is 0 Å². The summed E-state index contributed by atoms with van der Waals surface area (Å²) in [5.41, 5.74) is 1.06. The van der Waals surface area contributed by atoms with Gasteiger partial charge in [-0.3, -0.25) is 4.79 Å². The van der Waals surface area contributed by atoms with Crippen molar-refractivity contribution in [3.05, 3.63) is 58.1 Å². The number of nitrogens with zero attached hydrogens (tertiary/aromatic N) is 2. The minimum absolute atomic E-state index is 0.0196. The van der Waals surface area contributed by atoms with Crippen molar-refractivity contribution in [3.63, 3.8) is 0 Å². The second-order valence-corrected chi connectivity index (χ2v) is 8.63. The lowest BCUT2D eigenvalue weighted by atomic mass is 10.2. The molecule has 1 saturated heterocycles. The average Bonchev–Trinajstić information content (AvgIpc) is 2.95. The number of benzene rings is 2. The number of thioether (sulfide) groups is 1. The molecule has 1 fully saturated rings. The molecular formula is C20H22Cl2N2O2S. The molecule has 1 unspecified atom stereocenters. The molecule has 1 heterocycles. The zero-order valence-electron chi connectivity index (χ0n) is 15.3. The maximum atomic E-state index is 12.3. The lowest BCUT2D eigenvalue weighted by Gasteiger charge is -2.25. The van der Waals surface area contributed by atoms with Crippen molar-refractivity contribution in [2.75, 3.05) is 32.9 Å². The van der Waals surface area contributed by atoms with Crippen LogP contribution in [-0.2, 0) is 4.79 Å². The maximum Gasteiger partial charge on any atom is 0.233 e. The summed E-state index contributed by atoms with van der Waals surface area (Å²) in [4.78, 5) is 16.4. The summed E-state index contributed by atoms with van der Waals surface area (Å²) in [5, 5.41) is 1.07. The van der Waals surface area contributed by atoms with Gasteiger partial charge in [0.1, 0.15) is 16.9 Å². The summed E-state index contributed by atoms with van der Waals surface area (Å²) in [7, 11) is 4.09. The highest BCUT2D eigenvalue weighted by molar-refractivity contribution is 8.00. The van der Waals surface area contributed by atoms with E-state index in [-0.39, 0.29) is 11.3 Å². The molecule has 0 bridgehead atoms. The van der Waals surface area contributed by atoms with Crippen LogP contribution in [0.15, 0.2) is 42.5 Å². The van der Waals surface area contributed by atoms with Crippen molar-refractivity contribution >= 4 is 40.9 Å². The third-order valence-electron chi connectivity index (χ3n) is 4.19. The number of rotatable bonds is 7. The highest BCUT2D eigenvalue weighted by Crippen LogP contribution is 2.40. The molecule has 0 saturated carbocycles. The highest BCUT2D eigenvalue weighted by atomic mass is 35.5. The second kappa shape index (κ2) is 9.20. The van der Waals surface area contributed by atoms with Crippen molar-refractivity contribution < 1.29 is 9.53 Å². The third kappa shape index (κ3) is 5.55. The Hall–Kier alpha value is -1.40. The van der Waals surface area contributed by atoms with Gasteiger partial charge in [0.15, 0.2) is 0 Å². The number of amides is 1. The molecule has 1 aliphatic heterocycles. The van der Waals surface area contributed by atoms with E-state index >= 15 is 0 Å². The number of ether oxygens (including phenoxy) is 1. The van der Waals surface area contributed by atoms with Crippen LogP contribution < -0.4 is 4.74 Å². The molecule has 3 rings (SSSR count). The molecule has 7 heteroatoms. The van der Waals surface area contributed by atoms with Gasteiger partial charge in [-0.05, 0) is 63.0 Å². The summed E-state index contributed by atoms with van der Waals surface area (Å²) in [5.74, 6) is 1.99. The van der Waals surface area contributed by atoms with Gasteiger partial charge in [-0.15, -0.1) is 11.8 Å². The molecule has 0 aliphatic carbocycles. The molecule has 4 nitrogen and oxygen atoms in total. The molecule has 0 aromatic heterocycles. The fourth-order valence-electron chi connectivity index (χ4n) is 2.98. The number of halogens is 2. The van der Waals surface area contributed by atoms with Crippen LogP contribution in [0.2, 0.25) is 10.0 Å². The monoisotopic (exact) mass is 424 g/mol. The standard InChI is InChI=1S/C20H22Cl2N2O2S/c1-23(2)7-4-8-24-19(25)13-27-20(24)14-5-3-6-17(9-14)26-18-11-15(21)10-16(22)12-18/h3,5-6,9-12,20H,4,7-8,13H2,1-2H3. The summed E-state index contributed by atoms with van der Waals surface area (Å²) in [6, 6.07) is 13.0. The van der Waals surface area contributed by atoms with Crippen molar-refractivity contribution in [2.45, 2.75) is 11.8 Å². The molecule has 144 valence electrons. The van der Waals surface area contributed by atoms with Crippen molar-refractivity contribution in [1.82, 2.24) is 9.80 Å². The van der Waals surface area contributed by atoms with Gasteiger partial charge in [-0.2, -0.15) is 0 Å². The summed E-state index contributed by atoms with van der Waals surface area (Å²) < 4.78 is 5.93. The minimum Gasteiger partial charge on any atom is -0.457 e. The Morgan fingerprint density at radius 1 is 1.15 bits per heavy atom. The van der Waals surface area contributed by atoms with E-state index < -0.39 is 0 Å². The Morgan fingerprint density at radius 2 is 1.89 bits per heavy atom. The Balaban J connectivity index is 1.74. The van der Waals surface area contributed by atoms with Crippen molar-refractivity contribution in [3.8, 4) is 11.5 Å². The third-order valence-corrected chi connectivity index (χ3v) is 5.88. The number of hydrogen-bond donors (Lipinski definition) is 0. The van der Waals surface area contributed by atoms with Crippen LogP contribution >= 0.6 is 35.0 Å². The fourth-order valence-corrected chi connectivity index (χ4v) is 4.70. The fraction of sp³-hybridized carbons (Fsp3) is 0.350. The normalized spacial score (nSPS) is 17.0. The number of carbonyl (C=O) groups excluding carboxylic acids is 1. The zero-order valence-corrected chi connectivity index (χ0v) is 17.7. The summed E-state index contributed by atoms with van der Waals surface area (Å²) in [6.07, 6.45) is 0.951. The topological polar surface area (TPSA) is 32.8 Å². The smallest absolute Gasteiger partial charge is 0.233 e. The van der Waals surface area contributed by atoms with E-state index in [1.54, 1.807) is 30.0 Å². The molecular weight excluding hydrogens is 403 g/mol. The summed E-state index contributed by atoms with van der Waals surface area (Å²) in [6.45, 7) is 1.71. The lowest BCUT2D eigenvalue weighted by Crippen LogP contribution is -2.31. The summed E-state index contributed by atoms with van der Waals surface area (Å²) >= 11 is 13.7. The molecule has 1 atom stereocenters. The molecule has 0 N–H and O–H groups in total. The van der Waals surface area contributed by atoms with Gasteiger partial charge in [0, 0.05) is 16.6 Å². The highest BCUT2D eigenvalue weighted by Gasteiger charge is 2.32. The Bertz CT molecular complexity index is 796. The second-order valence-electron chi connectivity index (χ2n) is 6.69. The molecule has 1 amide bonds. The van der Waals surface area contributed by atoms with Crippen molar-refractivity contribution in [2.24, 2.45) is 0 Å². The van der Waals surface area contributed by atoms with Gasteiger partial charge in [0.25, 0.3) is 0 Å². The zero-order chi connectivity index (χ0) is 19.4. The van der Waals surface area contributed by atoms with Crippen LogP contribution in [0.1, 0.15) is 17.4 Å². The average molecular weight is 425 g/mol. The van der Waals surface area contributed by atoms with E-state index in [1.165, 1.54) is 0 Å². The Kier molecular flexibility index (Phi) is 6.93. The molecule has 0 spiro atoms. The van der Waals surface area contributed by atoms with Crippen LogP contribution in [0.5, 0.6) is 11.5 Å². The van der Waals surface area contributed by atoms with Crippen LogP contribution in [0.25, 0.3) is 0 Å². The van der Waals surface area contributed by atoms with Crippen molar-refractivity contribution in [1.29, 1.82) is 0 Å². The van der Waals surface area contributed by atoms with Crippen LogP contribution in [-0.4, -0.2) is 48.6 Å². The van der Waals surface area contributed by atoms with E-state index in [2.05, 4.69) is 4.90 Å². The quantitative estimate of drug-likeness (QED) is 0.602. The molecule has 2 aromatic rings. The Morgan fingerprint density at radius 3 is 2.59 bits per heavy atom. The van der Waals surface area contributed by atoms with Gasteiger partial charge < -0.3 is 14.5 Å². The van der Waals surface area contributed by atoms with Crippen LogP contribution in [0, 0.1) is 0 Å². The van der Waals surface area contributed by atoms with E-state index in [0.717, 1.165) is 25.1 Å².